The molecule has 0 fully saturated rings. The van der Waals surface area contributed by atoms with Crippen LogP contribution in [-0.4, -0.2) is 70.1 Å². The number of nitrogens with zero attached hydrogens (tertiary/aromatic N) is 3. The summed E-state index contributed by atoms with van der Waals surface area (Å²) in [5, 5.41) is 0.889. The highest BCUT2D eigenvalue weighted by Gasteiger charge is 2.24. The van der Waals surface area contributed by atoms with Gasteiger partial charge in [-0.25, -0.2) is 13.4 Å². The van der Waals surface area contributed by atoms with Gasteiger partial charge in [-0.3, -0.25) is 4.72 Å². The highest BCUT2D eigenvalue weighted by Crippen LogP contribution is 2.33. The van der Waals surface area contributed by atoms with Crippen molar-refractivity contribution in [2.45, 2.75) is 38.2 Å². The number of ether oxygens (including phenoxy) is 2. The van der Waals surface area contributed by atoms with Gasteiger partial charge in [-0.05, 0) is 81.0 Å². The molecule has 1 N–H and O–H groups in total. The van der Waals surface area contributed by atoms with Gasteiger partial charge in [0.05, 0.1) is 9.92 Å². The van der Waals surface area contributed by atoms with Crippen LogP contribution < -0.4 is 14.2 Å². The van der Waals surface area contributed by atoms with E-state index >= 15 is 0 Å². The summed E-state index contributed by atoms with van der Waals surface area (Å²) in [6, 6.07) is 12.2. The topological polar surface area (TPSA) is 84.0 Å². The molecule has 3 aromatic rings. The number of anilines is 1. The summed E-state index contributed by atoms with van der Waals surface area (Å²) in [4.78, 5) is 9.26. The van der Waals surface area contributed by atoms with E-state index in [1.165, 1.54) is 6.07 Å². The second-order valence-corrected chi connectivity index (χ2v) is 12.5. The Hall–Kier alpha value is -2.56. The number of hydrogen-bond donors (Lipinski definition) is 1. The summed E-state index contributed by atoms with van der Waals surface area (Å²) in [7, 11) is -0.0309. The fourth-order valence-corrected chi connectivity index (χ4v) is 6.15. The first kappa shape index (κ1) is 30.4. The van der Waals surface area contributed by atoms with E-state index in [1.54, 1.807) is 25.1 Å². The number of hydrogen-bond acceptors (Lipinski definition) is 7. The molecule has 2 heterocycles. The molecule has 1 aliphatic heterocycles. The van der Waals surface area contributed by atoms with Gasteiger partial charge in [0.15, 0.2) is 11.6 Å². The molecule has 0 spiro atoms. The van der Waals surface area contributed by atoms with Crippen LogP contribution in [0.5, 0.6) is 11.5 Å². The van der Waals surface area contributed by atoms with E-state index < -0.39 is 10.0 Å². The van der Waals surface area contributed by atoms with E-state index in [0.29, 0.717) is 33.7 Å². The molecule has 1 aliphatic rings. The van der Waals surface area contributed by atoms with Crippen molar-refractivity contribution >= 4 is 39.0 Å². The quantitative estimate of drug-likeness (QED) is 0.311. The minimum Gasteiger partial charge on any atom is -0.491 e. The molecule has 0 saturated carbocycles. The molecule has 11 heteroatoms. The molecule has 0 amide bonds. The van der Waals surface area contributed by atoms with Crippen molar-refractivity contribution in [1.29, 1.82) is 0 Å². The van der Waals surface area contributed by atoms with E-state index in [2.05, 4.69) is 16.5 Å². The maximum atomic E-state index is 13.5. The van der Waals surface area contributed by atoms with Gasteiger partial charge in [-0.1, -0.05) is 42.3 Å². The summed E-state index contributed by atoms with van der Waals surface area (Å²) in [5.74, 6) is 1.08. The van der Waals surface area contributed by atoms with Crippen LogP contribution in [0.4, 0.5) is 5.82 Å². The smallest absolute Gasteiger partial charge is 0.263 e. The zero-order valence-corrected chi connectivity index (χ0v) is 25.7. The fraction of sp³-hybridized carbons (Fsp3) is 0.414. The average Bonchev–Trinajstić information content (AvgIpc) is 3.11. The van der Waals surface area contributed by atoms with Crippen LogP contribution in [0.15, 0.2) is 47.4 Å². The predicted molar refractivity (Wildman–Crippen MR) is 161 cm³/mol. The summed E-state index contributed by atoms with van der Waals surface area (Å²) in [6.07, 6.45) is 1.52. The van der Waals surface area contributed by atoms with Crippen molar-refractivity contribution in [1.82, 2.24) is 14.8 Å². The third-order valence-corrected chi connectivity index (χ3v) is 9.10. The normalized spacial score (nSPS) is 14.1. The fourth-order valence-electron chi connectivity index (χ4n) is 4.47. The van der Waals surface area contributed by atoms with Crippen LogP contribution in [0, 0.1) is 6.92 Å². The number of fused-ring (bicyclic) bond motifs is 1. The van der Waals surface area contributed by atoms with Crippen molar-refractivity contribution < 1.29 is 17.9 Å². The van der Waals surface area contributed by atoms with Gasteiger partial charge in [0.1, 0.15) is 19.0 Å². The standard InChI is InChI=1S/C29H36Cl2N4O4S/c1-5-35-13-11-22-18-27(39-19-21-9-10-24(31)26(17-21)38-16-15-34(3)4)29(32-25(22)12-14-35)33-40(36,37)28-8-6-7-23(30)20(28)2/h6-10,17-18H,5,11-16,19H2,1-4H3,(H,32,33). The predicted octanol–water partition coefficient (Wildman–Crippen LogP) is 5.44. The van der Waals surface area contributed by atoms with Crippen molar-refractivity contribution in [3.63, 3.8) is 0 Å². The number of halogens is 2. The Kier molecular flexibility index (Phi) is 10.2. The molecule has 0 saturated heterocycles. The Balaban J connectivity index is 1.63. The maximum Gasteiger partial charge on any atom is 0.263 e. The van der Waals surface area contributed by atoms with Gasteiger partial charge < -0.3 is 19.3 Å². The Morgan fingerprint density at radius 3 is 2.55 bits per heavy atom. The van der Waals surface area contributed by atoms with Crippen LogP contribution in [-0.2, 0) is 29.5 Å². The van der Waals surface area contributed by atoms with E-state index in [4.69, 9.17) is 37.7 Å². The monoisotopic (exact) mass is 606 g/mol. The van der Waals surface area contributed by atoms with Gasteiger partial charge in [-0.15, -0.1) is 0 Å². The summed E-state index contributed by atoms with van der Waals surface area (Å²) >= 11 is 12.6. The number of sulfonamides is 1. The van der Waals surface area contributed by atoms with Gasteiger partial charge in [-0.2, -0.15) is 0 Å². The maximum absolute atomic E-state index is 13.5. The molecular formula is C29H36Cl2N4O4S. The van der Waals surface area contributed by atoms with Gasteiger partial charge >= 0.3 is 0 Å². The number of pyridine rings is 1. The molecule has 0 bridgehead atoms. The number of nitrogens with one attached hydrogen (secondary N) is 1. The second kappa shape index (κ2) is 13.4. The molecule has 4 rings (SSSR count). The number of likely N-dealkylation sites (N-methyl/N-ethyl adjacent to an activating group) is 2. The zero-order valence-electron chi connectivity index (χ0n) is 23.3. The van der Waals surface area contributed by atoms with Crippen LogP contribution in [0.1, 0.15) is 29.3 Å². The molecule has 216 valence electrons. The van der Waals surface area contributed by atoms with Crippen molar-refractivity contribution in [2.75, 3.05) is 51.6 Å². The van der Waals surface area contributed by atoms with Crippen LogP contribution in [0.2, 0.25) is 10.0 Å². The zero-order chi connectivity index (χ0) is 28.9. The molecular weight excluding hydrogens is 571 g/mol. The second-order valence-electron chi connectivity index (χ2n) is 10.0. The third-order valence-electron chi connectivity index (χ3n) is 6.89. The number of benzene rings is 2. The highest BCUT2D eigenvalue weighted by molar-refractivity contribution is 7.92. The summed E-state index contributed by atoms with van der Waals surface area (Å²) in [5.41, 5.74) is 3.22. The minimum atomic E-state index is -3.98. The van der Waals surface area contributed by atoms with E-state index in [1.807, 2.05) is 37.2 Å². The largest absolute Gasteiger partial charge is 0.491 e. The molecule has 0 atom stereocenters. The van der Waals surface area contributed by atoms with Crippen LogP contribution in [0.25, 0.3) is 0 Å². The van der Waals surface area contributed by atoms with Gasteiger partial charge in [0.25, 0.3) is 10.0 Å². The van der Waals surface area contributed by atoms with Crippen molar-refractivity contribution in [2.24, 2.45) is 0 Å². The van der Waals surface area contributed by atoms with Crippen LogP contribution >= 0.6 is 23.2 Å². The molecule has 0 unspecified atom stereocenters. The van der Waals surface area contributed by atoms with Gasteiger partial charge in [0.2, 0.25) is 0 Å². The molecule has 8 nitrogen and oxygen atoms in total. The molecule has 1 aromatic heterocycles. The molecule has 0 radical (unpaired) electrons. The Morgan fingerprint density at radius 2 is 1.80 bits per heavy atom. The minimum absolute atomic E-state index is 0.0945. The number of rotatable bonds is 11. The first-order valence-corrected chi connectivity index (χ1v) is 15.5. The van der Waals surface area contributed by atoms with Crippen molar-refractivity contribution in [3.8, 4) is 11.5 Å². The van der Waals surface area contributed by atoms with E-state index in [9.17, 15) is 8.42 Å². The lowest BCUT2D eigenvalue weighted by Gasteiger charge is -2.17. The highest BCUT2D eigenvalue weighted by atomic mass is 35.5. The first-order valence-electron chi connectivity index (χ1n) is 13.3. The lowest BCUT2D eigenvalue weighted by molar-refractivity contribution is 0.260. The molecule has 2 aromatic carbocycles. The summed E-state index contributed by atoms with van der Waals surface area (Å²) < 4.78 is 41.7. The van der Waals surface area contributed by atoms with Gasteiger partial charge in [0, 0.05) is 36.8 Å². The first-order chi connectivity index (χ1) is 19.1. The molecule has 0 aliphatic carbocycles. The SMILES string of the molecule is CCN1CCc2cc(OCc3ccc(Cl)c(OCCN(C)C)c3)c(NS(=O)(=O)c3cccc(Cl)c3C)nc2CC1. The Bertz CT molecular complexity index is 1450. The lowest BCUT2D eigenvalue weighted by Crippen LogP contribution is -2.25. The van der Waals surface area contributed by atoms with E-state index in [-0.39, 0.29) is 17.3 Å². The lowest BCUT2D eigenvalue weighted by atomic mass is 10.1. The van der Waals surface area contributed by atoms with E-state index in [0.717, 1.165) is 55.8 Å². The van der Waals surface area contributed by atoms with Crippen LogP contribution in [0.3, 0.4) is 0 Å². The molecule has 40 heavy (non-hydrogen) atoms. The third kappa shape index (κ3) is 7.59. The number of aromatic nitrogens is 1. The van der Waals surface area contributed by atoms with Crippen molar-refractivity contribution in [3.05, 3.63) is 74.9 Å². The Morgan fingerprint density at radius 1 is 1.02 bits per heavy atom. The Labute approximate surface area is 247 Å². The summed E-state index contributed by atoms with van der Waals surface area (Å²) in [6.45, 7) is 7.94. The average molecular weight is 608 g/mol.